The van der Waals surface area contributed by atoms with Gasteiger partial charge in [0.05, 0.1) is 0 Å². The Labute approximate surface area is 212 Å². The first-order chi connectivity index (χ1) is 17.5. The van der Waals surface area contributed by atoms with E-state index in [4.69, 9.17) is 11.6 Å². The van der Waals surface area contributed by atoms with Gasteiger partial charge < -0.3 is 10.4 Å². The molecule has 4 aromatic rings. The van der Waals surface area contributed by atoms with Gasteiger partial charge in [0.1, 0.15) is 12.2 Å². The van der Waals surface area contributed by atoms with Gasteiger partial charge in [-0.1, -0.05) is 60.1 Å². The third-order valence-electron chi connectivity index (χ3n) is 7.10. The minimum Gasteiger partial charge on any atom is -0.480 e. The van der Waals surface area contributed by atoms with E-state index in [1.165, 1.54) is 10.1 Å². The predicted molar refractivity (Wildman–Crippen MR) is 138 cm³/mol. The number of carboxylic acids is 1. The van der Waals surface area contributed by atoms with Crippen LogP contribution in [0.25, 0.3) is 22.2 Å². The molecule has 2 aromatic carbocycles. The molecule has 36 heavy (non-hydrogen) atoms. The van der Waals surface area contributed by atoms with Crippen molar-refractivity contribution < 1.29 is 9.90 Å². The zero-order chi connectivity index (χ0) is 24.8. The summed E-state index contributed by atoms with van der Waals surface area (Å²) in [5.41, 5.74) is 2.00. The van der Waals surface area contributed by atoms with Crippen molar-refractivity contribution in [2.24, 2.45) is 11.8 Å². The molecule has 9 heteroatoms. The molecule has 1 saturated heterocycles. The first-order valence-electron chi connectivity index (χ1n) is 11.9. The number of halogens is 1. The standard InChI is InChI=1S/C27H24ClN5O3/c28-22-9-5-4-8-18(22)19-10-17-11-29-27(31-25(17)33(26(19)36)15-23(34)35)30-24-20-13-32(14-21(20)24)12-16-6-2-1-3-7-16/h1-11,20-21,24H,12-15H2,(H,34,35)(H,29,30,31). The fourth-order valence-electron chi connectivity index (χ4n) is 5.33. The van der Waals surface area contributed by atoms with Gasteiger partial charge in [-0.05, 0) is 29.5 Å². The molecular formula is C27H24ClN5O3. The number of fused-ring (bicyclic) bond motifs is 2. The van der Waals surface area contributed by atoms with Crippen LogP contribution in [0.4, 0.5) is 5.95 Å². The maximum absolute atomic E-state index is 13.3. The van der Waals surface area contributed by atoms with E-state index in [0.717, 1.165) is 19.6 Å². The van der Waals surface area contributed by atoms with Crippen LogP contribution in [-0.4, -0.2) is 49.6 Å². The number of benzene rings is 2. The molecule has 6 rings (SSSR count). The number of anilines is 1. The van der Waals surface area contributed by atoms with E-state index in [2.05, 4.69) is 44.5 Å². The molecule has 0 bridgehead atoms. The minimum atomic E-state index is -1.13. The number of aliphatic carboxylic acids is 1. The van der Waals surface area contributed by atoms with Crippen LogP contribution in [0, 0.1) is 11.8 Å². The van der Waals surface area contributed by atoms with E-state index < -0.39 is 18.1 Å². The van der Waals surface area contributed by atoms with Crippen LogP contribution >= 0.6 is 11.6 Å². The van der Waals surface area contributed by atoms with Crippen LogP contribution in [0.3, 0.4) is 0 Å². The molecule has 2 atom stereocenters. The van der Waals surface area contributed by atoms with E-state index in [9.17, 15) is 14.7 Å². The molecule has 0 radical (unpaired) electrons. The number of rotatable bonds is 7. The van der Waals surface area contributed by atoms with Gasteiger partial charge in [-0.2, -0.15) is 4.98 Å². The van der Waals surface area contributed by atoms with Crippen molar-refractivity contribution in [3.05, 3.63) is 87.8 Å². The Hall–Kier alpha value is -3.75. The van der Waals surface area contributed by atoms with E-state index >= 15 is 0 Å². The zero-order valence-corrected chi connectivity index (χ0v) is 20.1. The summed E-state index contributed by atoms with van der Waals surface area (Å²) in [7, 11) is 0. The Morgan fingerprint density at radius 3 is 2.50 bits per heavy atom. The number of piperidine rings is 1. The molecule has 2 fully saturated rings. The number of nitrogens with zero attached hydrogens (tertiary/aromatic N) is 4. The fraction of sp³-hybridized carbons (Fsp3) is 0.259. The van der Waals surface area contributed by atoms with Crippen LogP contribution in [0.1, 0.15) is 5.56 Å². The van der Waals surface area contributed by atoms with Crippen LogP contribution in [-0.2, 0) is 17.9 Å². The summed E-state index contributed by atoms with van der Waals surface area (Å²) in [6, 6.07) is 19.4. The lowest BCUT2D eigenvalue weighted by Gasteiger charge is -2.20. The minimum absolute atomic E-state index is 0.275. The molecule has 3 heterocycles. The number of nitrogens with one attached hydrogen (secondary N) is 1. The Balaban J connectivity index is 1.25. The highest BCUT2D eigenvalue weighted by molar-refractivity contribution is 6.33. The highest BCUT2D eigenvalue weighted by Gasteiger charge is 2.55. The van der Waals surface area contributed by atoms with Crippen molar-refractivity contribution in [2.75, 3.05) is 18.4 Å². The van der Waals surface area contributed by atoms with Crippen molar-refractivity contribution in [1.29, 1.82) is 0 Å². The molecule has 8 nitrogen and oxygen atoms in total. The van der Waals surface area contributed by atoms with Crippen molar-refractivity contribution >= 4 is 34.6 Å². The van der Waals surface area contributed by atoms with Crippen molar-refractivity contribution in [2.45, 2.75) is 19.1 Å². The number of hydrogen-bond acceptors (Lipinski definition) is 6. The lowest BCUT2D eigenvalue weighted by molar-refractivity contribution is -0.137. The Bertz CT molecular complexity index is 1510. The summed E-state index contributed by atoms with van der Waals surface area (Å²) in [4.78, 5) is 36.4. The SMILES string of the molecule is O=C(O)Cn1c(=O)c(-c2ccccc2Cl)cc2cnc(NC3C4CN(Cc5ccccc5)CC43)nc21. The van der Waals surface area contributed by atoms with Crippen LogP contribution in [0.15, 0.2) is 71.7 Å². The topological polar surface area (TPSA) is 100 Å². The number of pyridine rings is 1. The van der Waals surface area contributed by atoms with E-state index in [-0.39, 0.29) is 11.7 Å². The van der Waals surface area contributed by atoms with Gasteiger partial charge in [-0.25, -0.2) is 4.98 Å². The van der Waals surface area contributed by atoms with Gasteiger partial charge in [0.25, 0.3) is 5.56 Å². The fourth-order valence-corrected chi connectivity index (χ4v) is 5.57. The summed E-state index contributed by atoms with van der Waals surface area (Å²) < 4.78 is 1.18. The second-order valence-corrected chi connectivity index (χ2v) is 9.88. The molecule has 1 saturated carbocycles. The van der Waals surface area contributed by atoms with Crippen LogP contribution in [0.2, 0.25) is 5.02 Å². The summed E-state index contributed by atoms with van der Waals surface area (Å²) in [6.45, 7) is 2.46. The summed E-state index contributed by atoms with van der Waals surface area (Å²) in [6.07, 6.45) is 1.63. The molecule has 2 aliphatic rings. The normalized spacial score (nSPS) is 20.9. The second-order valence-electron chi connectivity index (χ2n) is 9.47. The quantitative estimate of drug-likeness (QED) is 0.398. The van der Waals surface area contributed by atoms with Crippen molar-refractivity contribution in [1.82, 2.24) is 19.4 Å². The summed E-state index contributed by atoms with van der Waals surface area (Å²) >= 11 is 6.32. The molecule has 0 spiro atoms. The number of likely N-dealkylation sites (tertiary alicyclic amines) is 1. The van der Waals surface area contributed by atoms with Gasteiger partial charge in [0.15, 0.2) is 0 Å². The Kier molecular flexibility index (Phi) is 5.70. The third kappa shape index (κ3) is 4.23. The highest BCUT2D eigenvalue weighted by atomic mass is 35.5. The molecule has 1 aliphatic carbocycles. The van der Waals surface area contributed by atoms with Crippen molar-refractivity contribution in [3.8, 4) is 11.1 Å². The molecule has 2 unspecified atom stereocenters. The lowest BCUT2D eigenvalue weighted by Crippen LogP contribution is -2.28. The Morgan fingerprint density at radius 2 is 1.78 bits per heavy atom. The van der Waals surface area contributed by atoms with Gasteiger partial charge in [-0.15, -0.1) is 0 Å². The monoisotopic (exact) mass is 501 g/mol. The smallest absolute Gasteiger partial charge is 0.323 e. The van der Waals surface area contributed by atoms with E-state index in [1.54, 1.807) is 36.5 Å². The first kappa shape index (κ1) is 22.7. The van der Waals surface area contributed by atoms with Gasteiger partial charge in [0, 0.05) is 53.4 Å². The highest BCUT2D eigenvalue weighted by Crippen LogP contribution is 2.47. The largest absolute Gasteiger partial charge is 0.480 e. The summed E-state index contributed by atoms with van der Waals surface area (Å²) in [5, 5.41) is 13.9. The molecule has 1 aliphatic heterocycles. The third-order valence-corrected chi connectivity index (χ3v) is 7.43. The molecule has 2 aromatic heterocycles. The number of aromatic nitrogens is 3. The molecule has 2 N–H and O–H groups in total. The van der Waals surface area contributed by atoms with Crippen LogP contribution in [0.5, 0.6) is 0 Å². The maximum Gasteiger partial charge on any atom is 0.323 e. The predicted octanol–water partition coefficient (Wildman–Crippen LogP) is 3.74. The van der Waals surface area contributed by atoms with Gasteiger partial charge in [-0.3, -0.25) is 19.1 Å². The zero-order valence-electron chi connectivity index (χ0n) is 19.3. The maximum atomic E-state index is 13.3. The average molecular weight is 502 g/mol. The summed E-state index contributed by atoms with van der Waals surface area (Å²) in [5.74, 6) is 0.326. The van der Waals surface area contributed by atoms with Gasteiger partial charge >= 0.3 is 5.97 Å². The van der Waals surface area contributed by atoms with Crippen LogP contribution < -0.4 is 10.9 Å². The molecule has 182 valence electrons. The lowest BCUT2D eigenvalue weighted by atomic mass is 10.1. The first-order valence-corrected chi connectivity index (χ1v) is 12.3. The average Bonchev–Trinajstić information content (AvgIpc) is 3.30. The molecule has 0 amide bonds. The van der Waals surface area contributed by atoms with E-state index in [1.807, 2.05) is 6.07 Å². The molecular weight excluding hydrogens is 478 g/mol. The van der Waals surface area contributed by atoms with E-state index in [0.29, 0.717) is 39.3 Å². The number of carboxylic acid groups (broad SMARTS) is 1. The Morgan fingerprint density at radius 1 is 1.06 bits per heavy atom. The second kappa shape index (κ2) is 9.04. The van der Waals surface area contributed by atoms with Gasteiger partial charge in [0.2, 0.25) is 5.95 Å². The number of carbonyl (C=O) groups is 1. The number of hydrogen-bond donors (Lipinski definition) is 2. The van der Waals surface area contributed by atoms with Crippen molar-refractivity contribution in [3.63, 3.8) is 0 Å².